The third-order valence-electron chi connectivity index (χ3n) is 3.92. The van der Waals surface area contributed by atoms with Gasteiger partial charge in [-0.25, -0.2) is 9.97 Å². The Bertz CT molecular complexity index is 573. The van der Waals surface area contributed by atoms with E-state index >= 15 is 0 Å². The molecule has 22 heavy (non-hydrogen) atoms. The van der Waals surface area contributed by atoms with Gasteiger partial charge in [0.25, 0.3) is 5.91 Å². The first-order valence-corrected chi connectivity index (χ1v) is 7.43. The van der Waals surface area contributed by atoms with E-state index in [-0.39, 0.29) is 17.7 Å². The summed E-state index contributed by atoms with van der Waals surface area (Å²) in [5.41, 5.74) is 1.21. The predicted octanol–water partition coefficient (Wildman–Crippen LogP) is 0.449. The van der Waals surface area contributed by atoms with E-state index in [1.165, 1.54) is 0 Å². The van der Waals surface area contributed by atoms with Gasteiger partial charge < -0.3 is 15.1 Å². The molecule has 7 heteroatoms. The summed E-state index contributed by atoms with van der Waals surface area (Å²) in [7, 11) is 5.35. The van der Waals surface area contributed by atoms with E-state index in [1.807, 2.05) is 21.0 Å². The van der Waals surface area contributed by atoms with Gasteiger partial charge in [0.1, 0.15) is 0 Å². The van der Waals surface area contributed by atoms with Gasteiger partial charge in [-0.15, -0.1) is 0 Å². The Kier molecular flexibility index (Phi) is 4.95. The normalized spacial score (nSPS) is 17.5. The fraction of sp³-hybridized carbons (Fsp3) is 0.600. The lowest BCUT2D eigenvalue weighted by atomic mass is 10.0. The number of likely N-dealkylation sites (tertiary alicyclic amines) is 1. The molecule has 7 nitrogen and oxygen atoms in total. The van der Waals surface area contributed by atoms with Crippen LogP contribution in [0.2, 0.25) is 0 Å². The lowest BCUT2D eigenvalue weighted by Crippen LogP contribution is -2.30. The predicted molar refractivity (Wildman–Crippen MR) is 83.8 cm³/mol. The second-order valence-corrected chi connectivity index (χ2v) is 5.85. The van der Waals surface area contributed by atoms with Crippen LogP contribution in [-0.4, -0.2) is 60.9 Å². The lowest BCUT2D eigenvalue weighted by Gasteiger charge is -2.18. The molecular weight excluding hydrogens is 282 g/mol. The maximum Gasteiger partial charge on any atom is 0.257 e. The van der Waals surface area contributed by atoms with Gasteiger partial charge in [-0.05, 0) is 19.3 Å². The van der Waals surface area contributed by atoms with Crippen molar-refractivity contribution < 1.29 is 9.59 Å². The topological polar surface area (TPSA) is 78.4 Å². The van der Waals surface area contributed by atoms with Gasteiger partial charge in [0.05, 0.1) is 11.3 Å². The quantitative estimate of drug-likeness (QED) is 0.874. The Morgan fingerprint density at radius 1 is 1.45 bits per heavy atom. The van der Waals surface area contributed by atoms with Crippen molar-refractivity contribution in [3.05, 3.63) is 17.5 Å². The summed E-state index contributed by atoms with van der Waals surface area (Å²) >= 11 is 0. The van der Waals surface area contributed by atoms with Gasteiger partial charge in [-0.3, -0.25) is 9.59 Å². The van der Waals surface area contributed by atoms with Gasteiger partial charge in [0.15, 0.2) is 0 Å². The van der Waals surface area contributed by atoms with Gasteiger partial charge in [0, 0.05) is 46.9 Å². The highest BCUT2D eigenvalue weighted by molar-refractivity contribution is 5.95. The molecule has 1 aromatic rings. The Labute approximate surface area is 130 Å². The molecule has 1 aromatic heterocycles. The molecule has 0 aliphatic carbocycles. The second kappa shape index (κ2) is 6.72. The zero-order valence-corrected chi connectivity index (χ0v) is 13.6. The molecule has 1 atom stereocenters. The van der Waals surface area contributed by atoms with Crippen molar-refractivity contribution in [1.82, 2.24) is 20.2 Å². The molecule has 0 saturated carbocycles. The van der Waals surface area contributed by atoms with Gasteiger partial charge in [0.2, 0.25) is 11.9 Å². The van der Waals surface area contributed by atoms with Crippen LogP contribution in [0.5, 0.6) is 0 Å². The minimum Gasteiger partial charge on any atom is -0.359 e. The largest absolute Gasteiger partial charge is 0.359 e. The summed E-state index contributed by atoms with van der Waals surface area (Å²) in [5.74, 6) is 0.787. The highest BCUT2D eigenvalue weighted by atomic mass is 16.2. The minimum atomic E-state index is -0.0535. The highest BCUT2D eigenvalue weighted by Gasteiger charge is 2.29. The lowest BCUT2D eigenvalue weighted by molar-refractivity contribution is -0.121. The number of carbonyl (C=O) groups is 2. The molecule has 2 amide bonds. The molecule has 0 radical (unpaired) electrons. The molecule has 0 aromatic carbocycles. The van der Waals surface area contributed by atoms with Gasteiger partial charge in [-0.2, -0.15) is 0 Å². The van der Waals surface area contributed by atoms with E-state index in [1.54, 1.807) is 23.0 Å². The smallest absolute Gasteiger partial charge is 0.257 e. The third-order valence-corrected chi connectivity index (χ3v) is 3.92. The summed E-state index contributed by atoms with van der Waals surface area (Å²) in [5, 5.41) is 2.63. The number of aromatic nitrogens is 2. The molecule has 0 spiro atoms. The van der Waals surface area contributed by atoms with Crippen LogP contribution in [0.25, 0.3) is 0 Å². The summed E-state index contributed by atoms with van der Waals surface area (Å²) in [6.45, 7) is 3.11. The molecular formula is C15H23N5O2. The average Bonchev–Trinajstić information content (AvgIpc) is 2.94. The maximum atomic E-state index is 12.6. The number of hydrogen-bond donors (Lipinski definition) is 1. The van der Waals surface area contributed by atoms with Gasteiger partial charge in [-0.1, -0.05) is 0 Å². The third kappa shape index (κ3) is 3.52. The molecule has 120 valence electrons. The van der Waals surface area contributed by atoms with Crippen LogP contribution in [0.1, 0.15) is 28.9 Å². The fourth-order valence-corrected chi connectivity index (χ4v) is 2.60. The first-order chi connectivity index (χ1) is 10.4. The van der Waals surface area contributed by atoms with E-state index < -0.39 is 0 Å². The van der Waals surface area contributed by atoms with Crippen LogP contribution in [0, 0.1) is 12.8 Å². The van der Waals surface area contributed by atoms with Crippen molar-refractivity contribution in [3.8, 4) is 0 Å². The van der Waals surface area contributed by atoms with Crippen LogP contribution >= 0.6 is 0 Å². The Hall–Kier alpha value is -2.18. The first-order valence-electron chi connectivity index (χ1n) is 7.43. The molecule has 0 unspecified atom stereocenters. The molecule has 1 aliphatic heterocycles. The molecule has 1 fully saturated rings. The maximum absolute atomic E-state index is 12.6. The zero-order valence-electron chi connectivity index (χ0n) is 13.6. The van der Waals surface area contributed by atoms with E-state index in [2.05, 4.69) is 15.3 Å². The number of hydrogen-bond acceptors (Lipinski definition) is 5. The summed E-state index contributed by atoms with van der Waals surface area (Å²) in [6.07, 6.45) is 2.91. The number of rotatable bonds is 4. The Morgan fingerprint density at radius 2 is 2.18 bits per heavy atom. The van der Waals surface area contributed by atoms with Crippen molar-refractivity contribution in [2.45, 2.75) is 19.8 Å². The van der Waals surface area contributed by atoms with Crippen LogP contribution in [0.3, 0.4) is 0 Å². The summed E-state index contributed by atoms with van der Waals surface area (Å²) < 4.78 is 0. The van der Waals surface area contributed by atoms with Crippen LogP contribution in [0.4, 0.5) is 5.95 Å². The molecule has 0 bridgehead atoms. The standard InChI is InChI=1S/C15H23N5O2/c1-10-12(8-17-15(18-10)19(3)4)14(22)20-6-5-11(9-20)7-13(21)16-2/h8,11H,5-7,9H2,1-4H3,(H,16,21)/t11-/m0/s1. The van der Waals surface area contributed by atoms with Gasteiger partial charge >= 0.3 is 0 Å². The number of nitrogens with zero attached hydrogens (tertiary/aromatic N) is 4. The SMILES string of the molecule is CNC(=O)C[C@@H]1CCN(C(=O)c2cnc(N(C)C)nc2C)C1. The van der Waals surface area contributed by atoms with E-state index in [0.29, 0.717) is 36.7 Å². The molecule has 1 aliphatic rings. The fourth-order valence-electron chi connectivity index (χ4n) is 2.60. The summed E-state index contributed by atoms with van der Waals surface area (Å²) in [4.78, 5) is 36.2. The van der Waals surface area contributed by atoms with Crippen LogP contribution < -0.4 is 10.2 Å². The Balaban J connectivity index is 2.05. The van der Waals surface area contributed by atoms with Crippen molar-refractivity contribution >= 4 is 17.8 Å². The molecule has 1 saturated heterocycles. The van der Waals surface area contributed by atoms with Crippen molar-refractivity contribution in [3.63, 3.8) is 0 Å². The van der Waals surface area contributed by atoms with Crippen molar-refractivity contribution in [1.29, 1.82) is 0 Å². The number of carbonyl (C=O) groups excluding carboxylic acids is 2. The number of anilines is 1. The molecule has 2 rings (SSSR count). The number of aryl methyl sites for hydroxylation is 1. The van der Waals surface area contributed by atoms with Crippen molar-refractivity contribution in [2.24, 2.45) is 5.92 Å². The number of amides is 2. The second-order valence-electron chi connectivity index (χ2n) is 5.85. The van der Waals surface area contributed by atoms with Crippen LogP contribution in [-0.2, 0) is 4.79 Å². The van der Waals surface area contributed by atoms with E-state index in [0.717, 1.165) is 6.42 Å². The zero-order chi connectivity index (χ0) is 16.3. The van der Waals surface area contributed by atoms with Crippen molar-refractivity contribution in [2.75, 3.05) is 39.1 Å². The summed E-state index contributed by atoms with van der Waals surface area (Å²) in [6, 6.07) is 0. The van der Waals surface area contributed by atoms with E-state index in [4.69, 9.17) is 0 Å². The molecule has 2 heterocycles. The molecule has 1 N–H and O–H groups in total. The minimum absolute atomic E-state index is 0.0224. The monoisotopic (exact) mass is 305 g/mol. The van der Waals surface area contributed by atoms with Crippen LogP contribution in [0.15, 0.2) is 6.20 Å². The highest BCUT2D eigenvalue weighted by Crippen LogP contribution is 2.22. The first kappa shape index (κ1) is 16.2. The number of nitrogens with one attached hydrogen (secondary N) is 1. The Morgan fingerprint density at radius 3 is 2.77 bits per heavy atom. The average molecular weight is 305 g/mol. The van der Waals surface area contributed by atoms with E-state index in [9.17, 15) is 9.59 Å².